The van der Waals surface area contributed by atoms with Gasteiger partial charge in [0.25, 0.3) is 5.56 Å². The van der Waals surface area contributed by atoms with E-state index in [1.165, 1.54) is 4.40 Å². The summed E-state index contributed by atoms with van der Waals surface area (Å²) in [5, 5.41) is 9.00. The summed E-state index contributed by atoms with van der Waals surface area (Å²) in [6.07, 6.45) is 2.29. The molecule has 122 valence electrons. The van der Waals surface area contributed by atoms with Crippen molar-refractivity contribution in [3.05, 3.63) is 39.8 Å². The van der Waals surface area contributed by atoms with Crippen LogP contribution >= 0.6 is 0 Å². The number of aryl methyl sites for hydroxylation is 1. The second-order valence-electron chi connectivity index (χ2n) is 5.76. The van der Waals surface area contributed by atoms with Crippen LogP contribution in [-0.4, -0.2) is 65.0 Å². The van der Waals surface area contributed by atoms with E-state index in [0.29, 0.717) is 37.4 Å². The van der Waals surface area contributed by atoms with Gasteiger partial charge in [0.2, 0.25) is 0 Å². The molecule has 1 saturated heterocycles. The van der Waals surface area contributed by atoms with Crippen LogP contribution in [0, 0.1) is 6.92 Å². The van der Waals surface area contributed by atoms with Gasteiger partial charge in [0.15, 0.2) is 6.29 Å². The van der Waals surface area contributed by atoms with Gasteiger partial charge in [-0.2, -0.15) is 0 Å². The van der Waals surface area contributed by atoms with Crippen LogP contribution in [0.2, 0.25) is 0 Å². The zero-order chi connectivity index (χ0) is 16.4. The summed E-state index contributed by atoms with van der Waals surface area (Å²) in [7, 11) is 0. The molecule has 0 bridgehead atoms. The maximum atomic E-state index is 12.6. The van der Waals surface area contributed by atoms with E-state index >= 15 is 0 Å². The lowest BCUT2D eigenvalue weighted by molar-refractivity contribution is 0.112. The quantitative estimate of drug-likeness (QED) is 0.796. The molecular formula is C16H20N4O3. The molecule has 0 aliphatic carbocycles. The van der Waals surface area contributed by atoms with Crippen LogP contribution in [0.4, 0.5) is 5.82 Å². The lowest BCUT2D eigenvalue weighted by Crippen LogP contribution is -2.48. The summed E-state index contributed by atoms with van der Waals surface area (Å²) in [5.74, 6) is 0.456. The highest BCUT2D eigenvalue weighted by Crippen LogP contribution is 2.17. The molecule has 2 aromatic rings. The molecule has 0 radical (unpaired) electrons. The molecule has 3 heterocycles. The van der Waals surface area contributed by atoms with Crippen molar-refractivity contribution in [2.24, 2.45) is 0 Å². The molecule has 1 aliphatic heterocycles. The fourth-order valence-electron chi connectivity index (χ4n) is 2.92. The molecule has 1 fully saturated rings. The molecule has 0 saturated carbocycles. The number of piperazine rings is 1. The number of pyridine rings is 1. The molecule has 7 nitrogen and oxygen atoms in total. The minimum absolute atomic E-state index is 0.101. The Morgan fingerprint density at radius 3 is 2.65 bits per heavy atom. The second-order valence-corrected chi connectivity index (χ2v) is 5.76. The molecule has 0 atom stereocenters. The van der Waals surface area contributed by atoms with Gasteiger partial charge in [-0.15, -0.1) is 0 Å². The largest absolute Gasteiger partial charge is 0.395 e. The average Bonchev–Trinajstić information content (AvgIpc) is 2.56. The van der Waals surface area contributed by atoms with E-state index in [9.17, 15) is 9.59 Å². The lowest BCUT2D eigenvalue weighted by atomic mass is 10.2. The molecule has 0 spiro atoms. The van der Waals surface area contributed by atoms with Gasteiger partial charge in [-0.05, 0) is 18.6 Å². The summed E-state index contributed by atoms with van der Waals surface area (Å²) < 4.78 is 1.42. The first-order valence-corrected chi connectivity index (χ1v) is 7.70. The molecule has 0 amide bonds. The summed E-state index contributed by atoms with van der Waals surface area (Å²) in [5.41, 5.74) is 1.24. The smallest absolute Gasteiger partial charge is 0.270 e. The van der Waals surface area contributed by atoms with E-state index in [1.54, 1.807) is 12.3 Å². The maximum Gasteiger partial charge on any atom is 0.270 e. The van der Waals surface area contributed by atoms with Crippen LogP contribution in [-0.2, 0) is 0 Å². The Hall–Kier alpha value is -2.25. The number of hydrogen-bond acceptors (Lipinski definition) is 6. The van der Waals surface area contributed by atoms with Gasteiger partial charge in [-0.25, -0.2) is 4.98 Å². The van der Waals surface area contributed by atoms with Crippen molar-refractivity contribution in [2.75, 3.05) is 44.2 Å². The van der Waals surface area contributed by atoms with Crippen LogP contribution in [0.3, 0.4) is 0 Å². The van der Waals surface area contributed by atoms with Crippen LogP contribution in [0.15, 0.2) is 23.1 Å². The van der Waals surface area contributed by atoms with E-state index < -0.39 is 0 Å². The van der Waals surface area contributed by atoms with Crippen molar-refractivity contribution in [3.8, 4) is 0 Å². The van der Waals surface area contributed by atoms with Crippen molar-refractivity contribution in [1.29, 1.82) is 0 Å². The van der Waals surface area contributed by atoms with E-state index in [0.717, 1.165) is 18.7 Å². The van der Waals surface area contributed by atoms with Gasteiger partial charge < -0.3 is 10.0 Å². The zero-order valence-corrected chi connectivity index (χ0v) is 13.1. The standard InChI is InChI=1S/C16H20N4O3/c1-12-2-3-14-17-15(13(11-22)16(23)20(14)10-12)19-6-4-18(5-7-19)8-9-21/h2-3,10-11,21H,4-9H2,1H3. The highest BCUT2D eigenvalue weighted by Gasteiger charge is 2.22. The summed E-state index contributed by atoms with van der Waals surface area (Å²) >= 11 is 0. The number of anilines is 1. The molecule has 2 aromatic heterocycles. The van der Waals surface area contributed by atoms with Gasteiger partial charge in [-0.3, -0.25) is 18.9 Å². The third-order valence-corrected chi connectivity index (χ3v) is 4.19. The minimum atomic E-state index is -0.332. The zero-order valence-electron chi connectivity index (χ0n) is 13.1. The Morgan fingerprint density at radius 1 is 1.26 bits per heavy atom. The van der Waals surface area contributed by atoms with Crippen LogP contribution in [0.5, 0.6) is 0 Å². The van der Waals surface area contributed by atoms with Crippen molar-refractivity contribution in [1.82, 2.24) is 14.3 Å². The number of carbonyl (C=O) groups is 1. The Kier molecular flexibility index (Phi) is 4.40. The summed E-state index contributed by atoms with van der Waals surface area (Å²) in [4.78, 5) is 32.7. The normalized spacial score (nSPS) is 16.0. The van der Waals surface area contributed by atoms with Gasteiger partial charge >= 0.3 is 0 Å². The number of fused-ring (bicyclic) bond motifs is 1. The monoisotopic (exact) mass is 316 g/mol. The molecule has 23 heavy (non-hydrogen) atoms. The average molecular weight is 316 g/mol. The molecule has 7 heteroatoms. The Morgan fingerprint density at radius 2 is 2.00 bits per heavy atom. The van der Waals surface area contributed by atoms with Crippen molar-refractivity contribution >= 4 is 17.8 Å². The van der Waals surface area contributed by atoms with Crippen LogP contribution in [0.25, 0.3) is 5.65 Å². The van der Waals surface area contributed by atoms with Crippen molar-refractivity contribution in [3.63, 3.8) is 0 Å². The third kappa shape index (κ3) is 2.97. The Labute approximate surface area is 133 Å². The van der Waals surface area contributed by atoms with Gasteiger partial charge in [0.1, 0.15) is 17.0 Å². The highest BCUT2D eigenvalue weighted by atomic mass is 16.3. The number of aldehydes is 1. The van der Waals surface area contributed by atoms with E-state index in [2.05, 4.69) is 9.88 Å². The van der Waals surface area contributed by atoms with E-state index in [-0.39, 0.29) is 17.7 Å². The number of aliphatic hydroxyl groups excluding tert-OH is 1. The van der Waals surface area contributed by atoms with Crippen molar-refractivity contribution in [2.45, 2.75) is 6.92 Å². The Balaban J connectivity index is 1.99. The summed E-state index contributed by atoms with van der Waals surface area (Å²) in [6.45, 7) is 5.56. The van der Waals surface area contributed by atoms with Crippen molar-refractivity contribution < 1.29 is 9.90 Å². The molecule has 0 unspecified atom stereocenters. The van der Waals surface area contributed by atoms with Gasteiger partial charge in [0, 0.05) is 38.9 Å². The first-order chi connectivity index (χ1) is 11.1. The second kappa shape index (κ2) is 6.47. The number of β-amino-alcohol motifs (C(OH)–C–C–N with tert-alkyl or cyclic N) is 1. The fraction of sp³-hybridized carbons (Fsp3) is 0.438. The molecule has 3 rings (SSSR count). The number of aromatic nitrogens is 2. The SMILES string of the molecule is Cc1ccc2nc(N3CCN(CCO)CC3)c(C=O)c(=O)n2c1. The van der Waals surface area contributed by atoms with E-state index in [4.69, 9.17) is 5.11 Å². The first-order valence-electron chi connectivity index (χ1n) is 7.70. The Bertz CT molecular complexity index is 779. The van der Waals surface area contributed by atoms with E-state index in [1.807, 2.05) is 17.9 Å². The predicted octanol–water partition coefficient (Wildman–Crippen LogP) is -0.0703. The lowest BCUT2D eigenvalue weighted by Gasteiger charge is -2.35. The minimum Gasteiger partial charge on any atom is -0.395 e. The number of aliphatic hydroxyl groups is 1. The number of nitrogens with zero attached hydrogens (tertiary/aromatic N) is 4. The third-order valence-electron chi connectivity index (χ3n) is 4.19. The topological polar surface area (TPSA) is 78.2 Å². The number of rotatable bonds is 4. The summed E-state index contributed by atoms with van der Waals surface area (Å²) in [6, 6.07) is 3.68. The molecule has 1 N–H and O–H groups in total. The van der Waals surface area contributed by atoms with Gasteiger partial charge in [0.05, 0.1) is 6.61 Å². The van der Waals surface area contributed by atoms with Crippen LogP contribution in [0.1, 0.15) is 15.9 Å². The fourth-order valence-corrected chi connectivity index (χ4v) is 2.92. The first kappa shape index (κ1) is 15.6. The molecule has 1 aliphatic rings. The number of hydrogen-bond donors (Lipinski definition) is 1. The maximum absolute atomic E-state index is 12.6. The molecule has 0 aromatic carbocycles. The number of carbonyl (C=O) groups excluding carboxylic acids is 1. The highest BCUT2D eigenvalue weighted by molar-refractivity contribution is 5.83. The van der Waals surface area contributed by atoms with Gasteiger partial charge in [-0.1, -0.05) is 6.07 Å². The van der Waals surface area contributed by atoms with Crippen LogP contribution < -0.4 is 10.5 Å². The molecular weight excluding hydrogens is 296 g/mol. The predicted molar refractivity (Wildman–Crippen MR) is 87.3 cm³/mol.